The minimum Gasteiger partial charge on any atom is -0.478 e. The molecule has 0 aromatic rings. The largest absolute Gasteiger partial charge is 0.478 e. The van der Waals surface area contributed by atoms with Crippen molar-refractivity contribution in [3.8, 4) is 0 Å². The van der Waals surface area contributed by atoms with E-state index in [9.17, 15) is 9.59 Å². The molecule has 0 spiro atoms. The number of hydrogen-bond donors (Lipinski definition) is 1. The van der Waals surface area contributed by atoms with Crippen LogP contribution in [0, 0.1) is 5.41 Å². The van der Waals surface area contributed by atoms with Crippen LogP contribution >= 0.6 is 0 Å². The third-order valence-corrected chi connectivity index (χ3v) is 4.05. The van der Waals surface area contributed by atoms with Gasteiger partial charge in [0, 0.05) is 17.5 Å². The summed E-state index contributed by atoms with van der Waals surface area (Å²) in [6.45, 7) is 4.65. The van der Waals surface area contributed by atoms with Gasteiger partial charge in [-0.05, 0) is 44.8 Å². The van der Waals surface area contributed by atoms with Crippen molar-refractivity contribution in [3.05, 3.63) is 11.6 Å². The second-order valence-electron chi connectivity index (χ2n) is 5.10. The fourth-order valence-electron chi connectivity index (χ4n) is 2.94. The van der Waals surface area contributed by atoms with E-state index in [1.165, 1.54) is 6.08 Å². The smallest absolute Gasteiger partial charge is 0.331 e. The van der Waals surface area contributed by atoms with Crippen molar-refractivity contribution in [1.82, 2.24) is 4.90 Å². The van der Waals surface area contributed by atoms with Crippen LogP contribution in [-0.2, 0) is 9.59 Å². The lowest BCUT2D eigenvalue weighted by atomic mass is 9.76. The summed E-state index contributed by atoms with van der Waals surface area (Å²) in [5.41, 5.74) is -0.0536. The fraction of sp³-hybridized carbons (Fsp3) is 0.692. The standard InChI is InChI=1S/C13H19NO3/c1-2-10(12(16)17)8-11(15)13-4-3-6-14(9-13)7-5-13/h8H,2-7,9H2,1H3,(H,16,17)/b10-8+. The molecule has 2 fully saturated rings. The summed E-state index contributed by atoms with van der Waals surface area (Å²) in [6.07, 6.45) is 4.63. The van der Waals surface area contributed by atoms with Crippen molar-refractivity contribution in [3.63, 3.8) is 0 Å². The number of carboxylic acids is 1. The zero-order chi connectivity index (χ0) is 12.5. The van der Waals surface area contributed by atoms with Crippen LogP contribution in [-0.4, -0.2) is 41.4 Å². The second-order valence-corrected chi connectivity index (χ2v) is 5.10. The lowest BCUT2D eigenvalue weighted by molar-refractivity contribution is -0.133. The van der Waals surface area contributed by atoms with Gasteiger partial charge in [-0.2, -0.15) is 0 Å². The van der Waals surface area contributed by atoms with E-state index in [2.05, 4.69) is 4.90 Å². The quantitative estimate of drug-likeness (QED) is 0.752. The van der Waals surface area contributed by atoms with Gasteiger partial charge in [-0.1, -0.05) is 6.92 Å². The monoisotopic (exact) mass is 237 g/mol. The normalized spacial score (nSPS) is 32.5. The number of ketones is 1. The van der Waals surface area contributed by atoms with Crippen LogP contribution < -0.4 is 0 Å². The molecular formula is C13H19NO3. The molecule has 17 heavy (non-hydrogen) atoms. The van der Waals surface area contributed by atoms with Crippen LogP contribution in [0.15, 0.2) is 11.6 Å². The lowest BCUT2D eigenvalue weighted by Crippen LogP contribution is -2.38. The Labute approximate surface area is 101 Å². The molecule has 2 heterocycles. The van der Waals surface area contributed by atoms with E-state index in [0.717, 1.165) is 38.9 Å². The molecule has 4 nitrogen and oxygen atoms in total. The minimum absolute atomic E-state index is 0.0268. The van der Waals surface area contributed by atoms with E-state index in [-0.39, 0.29) is 16.8 Å². The molecular weight excluding hydrogens is 218 g/mol. The van der Waals surface area contributed by atoms with Gasteiger partial charge in [0.1, 0.15) is 0 Å². The summed E-state index contributed by atoms with van der Waals surface area (Å²) in [7, 11) is 0. The van der Waals surface area contributed by atoms with Crippen LogP contribution in [0.3, 0.4) is 0 Å². The SMILES string of the molecule is CC/C(=C\C(=O)C12CCCN(CC1)C2)C(=O)O. The Hall–Kier alpha value is -1.16. The molecule has 0 aliphatic carbocycles. The first-order valence-electron chi connectivity index (χ1n) is 6.28. The van der Waals surface area contributed by atoms with Gasteiger partial charge in [-0.15, -0.1) is 0 Å². The number of nitrogens with zero attached hydrogens (tertiary/aromatic N) is 1. The molecule has 2 unspecified atom stereocenters. The second kappa shape index (κ2) is 4.61. The fourth-order valence-corrected chi connectivity index (χ4v) is 2.94. The number of hydrogen-bond acceptors (Lipinski definition) is 3. The van der Waals surface area contributed by atoms with Gasteiger partial charge in [0.2, 0.25) is 0 Å². The van der Waals surface area contributed by atoms with E-state index >= 15 is 0 Å². The van der Waals surface area contributed by atoms with Crippen LogP contribution in [0.1, 0.15) is 32.6 Å². The molecule has 2 bridgehead atoms. The minimum atomic E-state index is -0.970. The first-order valence-corrected chi connectivity index (χ1v) is 6.28. The maximum Gasteiger partial charge on any atom is 0.331 e. The number of rotatable bonds is 4. The third-order valence-electron chi connectivity index (χ3n) is 4.05. The molecule has 2 aliphatic rings. The first-order chi connectivity index (χ1) is 8.07. The van der Waals surface area contributed by atoms with E-state index in [1.807, 2.05) is 0 Å². The maximum absolute atomic E-state index is 12.3. The van der Waals surface area contributed by atoms with Gasteiger partial charge in [0.25, 0.3) is 0 Å². The van der Waals surface area contributed by atoms with Gasteiger partial charge in [0.15, 0.2) is 5.78 Å². The number of carboxylic acid groups (broad SMARTS) is 1. The Bertz CT molecular complexity index is 371. The number of piperidine rings is 1. The Kier molecular flexibility index (Phi) is 3.33. The number of carbonyl (C=O) groups is 2. The Balaban J connectivity index is 2.17. The van der Waals surface area contributed by atoms with Gasteiger partial charge >= 0.3 is 5.97 Å². The van der Waals surface area contributed by atoms with Crippen molar-refractivity contribution in [1.29, 1.82) is 0 Å². The van der Waals surface area contributed by atoms with Crippen molar-refractivity contribution in [2.24, 2.45) is 5.41 Å². The number of allylic oxidation sites excluding steroid dienone is 1. The van der Waals surface area contributed by atoms with Crippen LogP contribution in [0.25, 0.3) is 0 Å². The molecule has 4 heteroatoms. The molecule has 0 aromatic heterocycles. The van der Waals surface area contributed by atoms with Gasteiger partial charge in [-0.3, -0.25) is 4.79 Å². The van der Waals surface area contributed by atoms with Gasteiger partial charge < -0.3 is 10.0 Å². The van der Waals surface area contributed by atoms with E-state index in [0.29, 0.717) is 6.42 Å². The molecule has 2 atom stereocenters. The highest BCUT2D eigenvalue weighted by Gasteiger charge is 2.45. The highest BCUT2D eigenvalue weighted by atomic mass is 16.4. The zero-order valence-electron chi connectivity index (χ0n) is 10.2. The average molecular weight is 237 g/mol. The molecule has 2 rings (SSSR count). The molecule has 0 radical (unpaired) electrons. The third kappa shape index (κ3) is 2.27. The average Bonchev–Trinajstić information content (AvgIpc) is 2.62. The summed E-state index contributed by atoms with van der Waals surface area (Å²) in [5.74, 6) is -0.943. The summed E-state index contributed by atoms with van der Waals surface area (Å²) in [6, 6.07) is 0. The Morgan fingerprint density at radius 3 is 2.76 bits per heavy atom. The molecule has 2 aliphatic heterocycles. The Morgan fingerprint density at radius 2 is 2.12 bits per heavy atom. The summed E-state index contributed by atoms with van der Waals surface area (Å²) in [4.78, 5) is 25.5. The van der Waals surface area contributed by atoms with Gasteiger partial charge in [0.05, 0.1) is 0 Å². The van der Waals surface area contributed by atoms with E-state index in [4.69, 9.17) is 5.11 Å². The number of fused-ring (bicyclic) bond motifs is 2. The predicted octanol–water partition coefficient (Wildman–Crippen LogP) is 1.46. The van der Waals surface area contributed by atoms with Crippen molar-refractivity contribution < 1.29 is 14.7 Å². The Morgan fingerprint density at radius 1 is 1.35 bits per heavy atom. The van der Waals surface area contributed by atoms with Crippen LogP contribution in [0.2, 0.25) is 0 Å². The lowest BCUT2D eigenvalue weighted by Gasteiger charge is -2.31. The summed E-state index contributed by atoms with van der Waals surface area (Å²) in [5, 5.41) is 8.96. The predicted molar refractivity (Wildman–Crippen MR) is 63.7 cm³/mol. The van der Waals surface area contributed by atoms with Crippen LogP contribution in [0.4, 0.5) is 0 Å². The van der Waals surface area contributed by atoms with Crippen molar-refractivity contribution >= 4 is 11.8 Å². The molecule has 2 saturated heterocycles. The van der Waals surface area contributed by atoms with Crippen LogP contribution in [0.5, 0.6) is 0 Å². The highest BCUT2D eigenvalue weighted by molar-refractivity contribution is 6.01. The van der Waals surface area contributed by atoms with Crippen molar-refractivity contribution in [2.45, 2.75) is 32.6 Å². The number of aliphatic carboxylic acids is 1. The molecule has 0 saturated carbocycles. The van der Waals surface area contributed by atoms with Crippen molar-refractivity contribution in [2.75, 3.05) is 19.6 Å². The molecule has 0 aromatic carbocycles. The maximum atomic E-state index is 12.3. The highest BCUT2D eigenvalue weighted by Crippen LogP contribution is 2.40. The zero-order valence-corrected chi connectivity index (χ0v) is 10.2. The number of carbonyl (C=O) groups excluding carboxylic acids is 1. The molecule has 0 amide bonds. The molecule has 94 valence electrons. The molecule has 1 N–H and O–H groups in total. The topological polar surface area (TPSA) is 57.6 Å². The summed E-state index contributed by atoms with van der Waals surface area (Å²) < 4.78 is 0. The van der Waals surface area contributed by atoms with E-state index in [1.54, 1.807) is 6.92 Å². The first kappa shape index (κ1) is 12.3. The van der Waals surface area contributed by atoms with Gasteiger partial charge in [-0.25, -0.2) is 4.79 Å². The summed E-state index contributed by atoms with van der Waals surface area (Å²) >= 11 is 0. The van der Waals surface area contributed by atoms with E-state index < -0.39 is 5.97 Å².